The predicted molar refractivity (Wildman–Crippen MR) is 149 cm³/mol. The minimum absolute atomic E-state index is 0.0641. The Morgan fingerprint density at radius 3 is 2.22 bits per heavy atom. The van der Waals surface area contributed by atoms with Gasteiger partial charge >= 0.3 is 6.18 Å². The van der Waals surface area contributed by atoms with E-state index in [1.165, 1.54) is 49.3 Å². The summed E-state index contributed by atoms with van der Waals surface area (Å²) in [6.45, 7) is 2.83. The van der Waals surface area contributed by atoms with Crippen molar-refractivity contribution in [3.8, 4) is 5.75 Å². The lowest BCUT2D eigenvalue weighted by Gasteiger charge is -2.32. The second-order valence-electron chi connectivity index (χ2n) is 9.21. The van der Waals surface area contributed by atoms with Gasteiger partial charge in [-0.05, 0) is 61.4 Å². The molecule has 1 unspecified atom stereocenters. The quantitative estimate of drug-likeness (QED) is 0.325. The van der Waals surface area contributed by atoms with Crippen LogP contribution in [0.15, 0.2) is 83.8 Å². The van der Waals surface area contributed by atoms with Crippen LogP contribution in [-0.2, 0) is 32.3 Å². The van der Waals surface area contributed by atoms with Crippen molar-refractivity contribution in [2.24, 2.45) is 0 Å². The number of carbonyl (C=O) groups excluding carboxylic acids is 2. The van der Waals surface area contributed by atoms with Gasteiger partial charge in [0.15, 0.2) is 0 Å². The minimum Gasteiger partial charge on any atom is -0.497 e. The average molecular weight is 592 g/mol. The lowest BCUT2D eigenvalue weighted by Crippen LogP contribution is -2.51. The first-order valence-corrected chi connectivity index (χ1v) is 14.3. The number of amides is 2. The molecule has 0 aliphatic carbocycles. The first-order valence-electron chi connectivity index (χ1n) is 12.8. The minimum atomic E-state index is -4.74. The Labute approximate surface area is 237 Å². The fourth-order valence-corrected chi connectivity index (χ4v) is 5.42. The molecule has 0 saturated carbocycles. The van der Waals surface area contributed by atoms with E-state index in [1.807, 2.05) is 6.92 Å². The molecule has 220 valence electrons. The number of alkyl halides is 3. The van der Waals surface area contributed by atoms with Gasteiger partial charge in [-0.2, -0.15) is 13.2 Å². The van der Waals surface area contributed by atoms with Crippen LogP contribution in [0.5, 0.6) is 5.75 Å². The summed E-state index contributed by atoms with van der Waals surface area (Å²) in [5, 5.41) is 2.73. The smallest absolute Gasteiger partial charge is 0.416 e. The topological polar surface area (TPSA) is 96.0 Å². The number of methoxy groups -OCH3 is 1. The van der Waals surface area contributed by atoms with Gasteiger partial charge in [0.05, 0.1) is 23.3 Å². The van der Waals surface area contributed by atoms with E-state index in [1.54, 1.807) is 30.3 Å². The van der Waals surface area contributed by atoms with Crippen molar-refractivity contribution in [1.82, 2.24) is 10.2 Å². The van der Waals surface area contributed by atoms with Crippen LogP contribution in [0.4, 0.5) is 18.9 Å². The Kier molecular flexibility index (Phi) is 10.4. The third-order valence-corrected chi connectivity index (χ3v) is 8.09. The van der Waals surface area contributed by atoms with Crippen molar-refractivity contribution in [2.75, 3.05) is 24.5 Å². The lowest BCUT2D eigenvalue weighted by atomic mass is 10.1. The van der Waals surface area contributed by atoms with E-state index in [-0.39, 0.29) is 17.1 Å². The van der Waals surface area contributed by atoms with Gasteiger partial charge in [0, 0.05) is 13.1 Å². The zero-order chi connectivity index (χ0) is 30.2. The van der Waals surface area contributed by atoms with E-state index in [0.717, 1.165) is 12.1 Å². The number of nitrogens with one attached hydrogen (secondary N) is 1. The summed E-state index contributed by atoms with van der Waals surface area (Å²) >= 11 is 0. The molecule has 0 aliphatic rings. The third-order valence-electron chi connectivity index (χ3n) is 6.30. The molecule has 0 radical (unpaired) electrons. The number of ether oxygens (including phenoxy) is 1. The summed E-state index contributed by atoms with van der Waals surface area (Å²) in [7, 11) is -2.99. The molecule has 0 spiro atoms. The summed E-state index contributed by atoms with van der Waals surface area (Å²) in [4.78, 5) is 27.7. The van der Waals surface area contributed by atoms with Crippen molar-refractivity contribution in [2.45, 2.75) is 43.9 Å². The molecular formula is C29H32F3N3O5S. The maximum absolute atomic E-state index is 13.8. The molecule has 1 atom stereocenters. The van der Waals surface area contributed by atoms with Crippen LogP contribution < -0.4 is 14.4 Å². The fraction of sp³-hybridized carbons (Fsp3) is 0.310. The average Bonchev–Trinajstić information content (AvgIpc) is 2.97. The van der Waals surface area contributed by atoms with Crippen molar-refractivity contribution in [1.29, 1.82) is 0 Å². The second-order valence-corrected chi connectivity index (χ2v) is 11.1. The van der Waals surface area contributed by atoms with E-state index in [0.29, 0.717) is 34.7 Å². The molecule has 0 fully saturated rings. The highest BCUT2D eigenvalue weighted by Gasteiger charge is 2.35. The normalized spacial score (nSPS) is 12.3. The summed E-state index contributed by atoms with van der Waals surface area (Å²) in [5.74, 6) is -0.660. The lowest BCUT2D eigenvalue weighted by molar-refractivity contribution is -0.139. The number of hydrogen-bond acceptors (Lipinski definition) is 5. The van der Waals surface area contributed by atoms with Crippen molar-refractivity contribution < 1.29 is 35.9 Å². The molecular weight excluding hydrogens is 559 g/mol. The van der Waals surface area contributed by atoms with Crippen LogP contribution in [0, 0.1) is 0 Å². The van der Waals surface area contributed by atoms with Gasteiger partial charge < -0.3 is 15.0 Å². The molecule has 3 aromatic carbocycles. The highest BCUT2D eigenvalue weighted by atomic mass is 32.2. The van der Waals surface area contributed by atoms with E-state index in [4.69, 9.17) is 4.74 Å². The van der Waals surface area contributed by atoms with Gasteiger partial charge in [0.1, 0.15) is 18.3 Å². The number of carbonyl (C=O) groups is 2. The molecule has 3 rings (SSSR count). The zero-order valence-electron chi connectivity index (χ0n) is 22.9. The molecule has 12 heteroatoms. The summed E-state index contributed by atoms with van der Waals surface area (Å²) in [6, 6.07) is 16.6. The van der Waals surface area contributed by atoms with Crippen molar-refractivity contribution in [3.63, 3.8) is 0 Å². The van der Waals surface area contributed by atoms with Gasteiger partial charge in [-0.15, -0.1) is 0 Å². The largest absolute Gasteiger partial charge is 0.497 e. The van der Waals surface area contributed by atoms with Crippen LogP contribution in [0.3, 0.4) is 0 Å². The molecule has 0 bridgehead atoms. The number of rotatable bonds is 12. The molecule has 0 saturated heterocycles. The highest BCUT2D eigenvalue weighted by Crippen LogP contribution is 2.33. The van der Waals surface area contributed by atoms with Crippen molar-refractivity contribution >= 4 is 27.5 Å². The molecule has 0 aliphatic heterocycles. The standard InChI is InChI=1S/C29H32F3N3O5S/c1-4-17-33-28(37)21(2)34(19-22-13-15-25(40-3)16-14-22)27(36)20-35(41(38,39)26-11-6-5-7-12-26)24-10-8-9-23(18-24)29(30,31)32/h5-16,18,21H,4,17,19-20H2,1-3H3,(H,33,37). The third kappa shape index (κ3) is 8.00. The van der Waals surface area contributed by atoms with Crippen LogP contribution in [0.1, 0.15) is 31.4 Å². The number of anilines is 1. The van der Waals surface area contributed by atoms with E-state index >= 15 is 0 Å². The SMILES string of the molecule is CCCNC(=O)C(C)N(Cc1ccc(OC)cc1)C(=O)CN(c1cccc(C(F)(F)F)c1)S(=O)(=O)c1ccccc1. The Hall–Kier alpha value is -4.06. The van der Waals surface area contributed by atoms with Gasteiger partial charge in [-0.3, -0.25) is 13.9 Å². The van der Waals surface area contributed by atoms with Crippen LogP contribution in [0.25, 0.3) is 0 Å². The fourth-order valence-electron chi connectivity index (χ4n) is 3.99. The van der Waals surface area contributed by atoms with Crippen LogP contribution >= 0.6 is 0 Å². The number of sulfonamides is 1. The number of halogens is 3. The van der Waals surface area contributed by atoms with Gasteiger partial charge in [0.2, 0.25) is 11.8 Å². The Morgan fingerprint density at radius 2 is 1.63 bits per heavy atom. The number of benzene rings is 3. The summed E-state index contributed by atoms with van der Waals surface area (Å²) in [5.41, 5.74) is -0.784. The Balaban J connectivity index is 2.06. The second kappa shape index (κ2) is 13.5. The number of nitrogens with zero attached hydrogens (tertiary/aromatic N) is 2. The first-order chi connectivity index (χ1) is 19.4. The van der Waals surface area contributed by atoms with E-state index < -0.39 is 46.2 Å². The molecule has 41 heavy (non-hydrogen) atoms. The molecule has 0 aromatic heterocycles. The zero-order valence-corrected chi connectivity index (χ0v) is 23.7. The molecule has 8 nitrogen and oxygen atoms in total. The van der Waals surface area contributed by atoms with Crippen LogP contribution in [0.2, 0.25) is 0 Å². The first kappa shape index (κ1) is 31.5. The summed E-state index contributed by atoms with van der Waals surface area (Å²) in [6.07, 6.45) is -4.09. The van der Waals surface area contributed by atoms with E-state index in [9.17, 15) is 31.2 Å². The number of hydrogen-bond donors (Lipinski definition) is 1. The van der Waals surface area contributed by atoms with Gasteiger partial charge in [-0.1, -0.05) is 43.3 Å². The molecule has 1 N–H and O–H groups in total. The highest BCUT2D eigenvalue weighted by molar-refractivity contribution is 7.92. The van der Waals surface area contributed by atoms with Gasteiger partial charge in [-0.25, -0.2) is 8.42 Å². The van der Waals surface area contributed by atoms with Crippen molar-refractivity contribution in [3.05, 3.63) is 90.0 Å². The Bertz CT molecular complexity index is 1430. The molecule has 2 amide bonds. The maximum Gasteiger partial charge on any atom is 0.416 e. The summed E-state index contributed by atoms with van der Waals surface area (Å²) < 4.78 is 73.8. The maximum atomic E-state index is 13.8. The van der Waals surface area contributed by atoms with Gasteiger partial charge in [0.25, 0.3) is 10.0 Å². The Morgan fingerprint density at radius 1 is 0.976 bits per heavy atom. The monoisotopic (exact) mass is 591 g/mol. The molecule has 0 heterocycles. The van der Waals surface area contributed by atoms with E-state index in [2.05, 4.69) is 5.32 Å². The predicted octanol–water partition coefficient (Wildman–Crippen LogP) is 4.85. The molecule has 3 aromatic rings. The van der Waals surface area contributed by atoms with Crippen LogP contribution in [-0.4, -0.2) is 51.4 Å².